The molecule has 32 heavy (non-hydrogen) atoms. The van der Waals surface area contributed by atoms with E-state index in [4.69, 9.17) is 18.9 Å². The van der Waals surface area contributed by atoms with Crippen molar-refractivity contribution < 1.29 is 28.5 Å². The summed E-state index contributed by atoms with van der Waals surface area (Å²) in [6, 6.07) is 11.1. The molecule has 0 amide bonds. The first-order chi connectivity index (χ1) is 15.5. The third-order valence-electron chi connectivity index (χ3n) is 5.30. The molecule has 0 bridgehead atoms. The van der Waals surface area contributed by atoms with Crippen LogP contribution in [0.25, 0.3) is 0 Å². The summed E-state index contributed by atoms with van der Waals surface area (Å²) in [4.78, 5) is 25.7. The molecule has 2 aromatic carbocycles. The van der Waals surface area contributed by atoms with Crippen molar-refractivity contribution in [3.05, 3.63) is 53.1 Å². The first-order valence-electron chi connectivity index (χ1n) is 11.1. The first-order valence-corrected chi connectivity index (χ1v) is 11.1. The Kier molecular flexibility index (Phi) is 10.6. The van der Waals surface area contributed by atoms with Gasteiger partial charge in [-0.05, 0) is 18.1 Å². The Bertz CT molecular complexity index is 876. The van der Waals surface area contributed by atoms with Gasteiger partial charge < -0.3 is 18.9 Å². The molecule has 0 aliphatic carbocycles. The molecule has 0 radical (unpaired) electrons. The maximum atomic E-state index is 13.1. The third kappa shape index (κ3) is 7.01. The van der Waals surface area contributed by atoms with Crippen molar-refractivity contribution in [2.24, 2.45) is 0 Å². The van der Waals surface area contributed by atoms with E-state index in [1.54, 1.807) is 6.07 Å². The van der Waals surface area contributed by atoms with E-state index < -0.39 is 5.97 Å². The number of esters is 1. The number of hydrogen-bond donors (Lipinski definition) is 0. The predicted molar refractivity (Wildman–Crippen MR) is 124 cm³/mol. The van der Waals surface area contributed by atoms with Crippen molar-refractivity contribution in [3.63, 3.8) is 0 Å². The zero-order valence-electron chi connectivity index (χ0n) is 19.6. The zero-order valence-corrected chi connectivity index (χ0v) is 19.6. The maximum absolute atomic E-state index is 13.1. The van der Waals surface area contributed by atoms with Crippen molar-refractivity contribution in [1.82, 2.24) is 0 Å². The Morgan fingerprint density at radius 2 is 1.53 bits per heavy atom. The van der Waals surface area contributed by atoms with Gasteiger partial charge in [0.05, 0.1) is 27.8 Å². The normalized spacial score (nSPS) is 10.5. The van der Waals surface area contributed by atoms with Crippen LogP contribution in [0.3, 0.4) is 0 Å². The summed E-state index contributed by atoms with van der Waals surface area (Å²) in [5, 5.41) is 0. The van der Waals surface area contributed by atoms with E-state index in [1.807, 2.05) is 30.3 Å². The van der Waals surface area contributed by atoms with Gasteiger partial charge in [0.15, 0.2) is 17.3 Å². The minimum Gasteiger partial charge on any atom is -0.493 e. The lowest BCUT2D eigenvalue weighted by molar-refractivity contribution is -0.144. The number of ether oxygens (including phenoxy) is 4. The lowest BCUT2D eigenvalue weighted by atomic mass is 9.95. The number of rotatable bonds is 14. The van der Waals surface area contributed by atoms with Gasteiger partial charge in [0, 0.05) is 17.5 Å². The molecule has 6 nitrogen and oxygen atoms in total. The number of methoxy groups -OCH3 is 3. The molecule has 0 aliphatic heterocycles. The summed E-state index contributed by atoms with van der Waals surface area (Å²) < 4.78 is 21.9. The van der Waals surface area contributed by atoms with Crippen LogP contribution in [0.15, 0.2) is 36.4 Å². The number of ketones is 1. The number of benzene rings is 2. The van der Waals surface area contributed by atoms with Crippen LogP contribution in [0.5, 0.6) is 17.2 Å². The molecule has 0 spiro atoms. The van der Waals surface area contributed by atoms with Crippen molar-refractivity contribution in [3.8, 4) is 17.2 Å². The van der Waals surface area contributed by atoms with Gasteiger partial charge in [-0.2, -0.15) is 0 Å². The molecule has 0 unspecified atom stereocenters. The van der Waals surface area contributed by atoms with Crippen molar-refractivity contribution in [2.45, 2.75) is 58.5 Å². The van der Waals surface area contributed by atoms with Gasteiger partial charge >= 0.3 is 5.97 Å². The first kappa shape index (κ1) is 25.2. The van der Waals surface area contributed by atoms with E-state index in [0.29, 0.717) is 34.8 Å². The predicted octanol–water partition coefficient (Wildman–Crippen LogP) is 5.54. The molecule has 0 fully saturated rings. The van der Waals surface area contributed by atoms with Crippen LogP contribution in [-0.4, -0.2) is 33.1 Å². The van der Waals surface area contributed by atoms with Gasteiger partial charge in [-0.15, -0.1) is 0 Å². The highest BCUT2D eigenvalue weighted by Crippen LogP contribution is 2.42. The topological polar surface area (TPSA) is 71.1 Å². The Morgan fingerprint density at radius 3 is 2.16 bits per heavy atom. The monoisotopic (exact) mass is 442 g/mol. The van der Waals surface area contributed by atoms with Crippen LogP contribution in [0.2, 0.25) is 0 Å². The summed E-state index contributed by atoms with van der Waals surface area (Å²) in [5.41, 5.74) is 1.76. The van der Waals surface area contributed by atoms with Gasteiger partial charge in [-0.3, -0.25) is 9.59 Å². The number of Topliss-reactive ketones (excluding diaryl/α,β-unsaturated/α-hetero) is 1. The van der Waals surface area contributed by atoms with Gasteiger partial charge in [-0.1, -0.05) is 62.9 Å². The Labute approximate surface area is 190 Å². The number of carbonyl (C=O) groups excluding carboxylic acids is 2. The summed E-state index contributed by atoms with van der Waals surface area (Å²) in [6.07, 6.45) is 5.51. The highest BCUT2D eigenvalue weighted by Gasteiger charge is 2.26. The molecule has 2 rings (SSSR count). The summed E-state index contributed by atoms with van der Waals surface area (Å²) >= 11 is 0. The number of carbonyl (C=O) groups is 2. The van der Waals surface area contributed by atoms with Gasteiger partial charge in [0.2, 0.25) is 5.75 Å². The largest absolute Gasteiger partial charge is 0.493 e. The maximum Gasteiger partial charge on any atom is 0.310 e. The molecule has 0 aromatic heterocycles. The minimum absolute atomic E-state index is 0.0494. The molecule has 0 N–H and O–H groups in total. The summed E-state index contributed by atoms with van der Waals surface area (Å²) in [5.74, 6) is 0.557. The van der Waals surface area contributed by atoms with Crippen LogP contribution in [-0.2, 0) is 22.6 Å². The molecule has 174 valence electrons. The van der Waals surface area contributed by atoms with E-state index >= 15 is 0 Å². The number of unbranched alkanes of at least 4 members (excludes halogenated alkanes) is 4. The molecule has 0 heterocycles. The number of hydrogen-bond acceptors (Lipinski definition) is 6. The SMILES string of the molecule is CCCCCCCC(=O)c1cc(OC)c(OC)c(OC)c1CC(=O)OCc1ccccc1. The standard InChI is InChI=1S/C26H34O6/c1-5-6-7-8-12-15-22(27)20-16-23(29-2)26(31-4)25(30-3)21(20)17-24(28)32-18-19-13-10-9-11-14-19/h9-11,13-14,16H,5-8,12,15,17-18H2,1-4H3. The molecule has 0 saturated carbocycles. The fraction of sp³-hybridized carbons (Fsp3) is 0.462. The summed E-state index contributed by atoms with van der Waals surface area (Å²) in [6.45, 7) is 2.32. The Hall–Kier alpha value is -3.02. The molecule has 0 saturated heterocycles. The molecule has 2 aromatic rings. The van der Waals surface area contributed by atoms with E-state index in [9.17, 15) is 9.59 Å². The molecule has 6 heteroatoms. The highest BCUT2D eigenvalue weighted by atomic mass is 16.5. The quantitative estimate of drug-likeness (QED) is 0.217. The molecule has 0 aliphatic rings. The Morgan fingerprint density at radius 1 is 0.844 bits per heavy atom. The Balaban J connectivity index is 2.26. The smallest absolute Gasteiger partial charge is 0.310 e. The second-order valence-corrected chi connectivity index (χ2v) is 7.58. The van der Waals surface area contributed by atoms with E-state index in [1.165, 1.54) is 21.3 Å². The van der Waals surface area contributed by atoms with Crippen molar-refractivity contribution in [2.75, 3.05) is 21.3 Å². The van der Waals surface area contributed by atoms with Gasteiger partial charge in [0.25, 0.3) is 0 Å². The fourth-order valence-electron chi connectivity index (χ4n) is 3.60. The van der Waals surface area contributed by atoms with Gasteiger partial charge in [-0.25, -0.2) is 0 Å². The lowest BCUT2D eigenvalue weighted by Gasteiger charge is -2.19. The zero-order chi connectivity index (χ0) is 23.3. The van der Waals surface area contributed by atoms with E-state index in [0.717, 1.165) is 37.7 Å². The molecular weight excluding hydrogens is 408 g/mol. The second-order valence-electron chi connectivity index (χ2n) is 7.58. The van der Waals surface area contributed by atoms with Crippen LogP contribution in [0, 0.1) is 0 Å². The van der Waals surface area contributed by atoms with Crippen LogP contribution in [0.4, 0.5) is 0 Å². The van der Waals surface area contributed by atoms with Crippen LogP contribution < -0.4 is 14.2 Å². The van der Waals surface area contributed by atoms with Crippen LogP contribution >= 0.6 is 0 Å². The lowest BCUT2D eigenvalue weighted by Crippen LogP contribution is -2.14. The van der Waals surface area contributed by atoms with Gasteiger partial charge in [0.1, 0.15) is 6.61 Å². The average Bonchev–Trinajstić information content (AvgIpc) is 2.82. The van der Waals surface area contributed by atoms with Crippen LogP contribution in [0.1, 0.15) is 66.9 Å². The van der Waals surface area contributed by atoms with Crippen molar-refractivity contribution in [1.29, 1.82) is 0 Å². The van der Waals surface area contributed by atoms with Crippen molar-refractivity contribution >= 4 is 11.8 Å². The minimum atomic E-state index is -0.448. The second kappa shape index (κ2) is 13.4. The van der Waals surface area contributed by atoms with E-state index in [2.05, 4.69) is 6.92 Å². The fourth-order valence-corrected chi connectivity index (χ4v) is 3.60. The third-order valence-corrected chi connectivity index (χ3v) is 5.30. The molecule has 0 atom stereocenters. The van der Waals surface area contributed by atoms with E-state index in [-0.39, 0.29) is 18.8 Å². The highest BCUT2D eigenvalue weighted by molar-refractivity contribution is 6.00. The molecular formula is C26H34O6. The summed E-state index contributed by atoms with van der Waals surface area (Å²) in [7, 11) is 4.48. The average molecular weight is 443 g/mol.